The Morgan fingerprint density at radius 3 is 2.20 bits per heavy atom. The van der Waals surface area contributed by atoms with Gasteiger partial charge in [0, 0.05) is 12.0 Å². The van der Waals surface area contributed by atoms with Crippen molar-refractivity contribution in [2.45, 2.75) is 44.6 Å². The maximum Gasteiger partial charge on any atom is 0.330 e. The third-order valence-corrected chi connectivity index (χ3v) is 6.28. The van der Waals surface area contributed by atoms with Gasteiger partial charge in [-0.15, -0.1) is 0 Å². The van der Waals surface area contributed by atoms with Crippen molar-refractivity contribution >= 4 is 16.1 Å². The van der Waals surface area contributed by atoms with Gasteiger partial charge in [-0.1, -0.05) is 29.8 Å². The number of carbonyl (C=O) groups excluding carboxylic acids is 1. The SMILES string of the molecule is COC(=O)/C=C/[C@@H](c1cc(C)c(OC)cc1C)[C@H](C)OS(=O)(=O)c1ccc(C)cc1. The van der Waals surface area contributed by atoms with Crippen LogP contribution in [0.25, 0.3) is 0 Å². The topological polar surface area (TPSA) is 78.9 Å². The van der Waals surface area contributed by atoms with Crippen molar-refractivity contribution in [3.8, 4) is 5.75 Å². The summed E-state index contributed by atoms with van der Waals surface area (Å²) in [7, 11) is -1.11. The van der Waals surface area contributed by atoms with Gasteiger partial charge in [-0.25, -0.2) is 4.79 Å². The van der Waals surface area contributed by atoms with Gasteiger partial charge >= 0.3 is 5.97 Å². The molecule has 30 heavy (non-hydrogen) atoms. The second-order valence-electron chi connectivity index (χ2n) is 7.15. The van der Waals surface area contributed by atoms with Crippen LogP contribution in [-0.4, -0.2) is 34.7 Å². The molecule has 0 aliphatic rings. The first-order valence-electron chi connectivity index (χ1n) is 9.50. The number of methoxy groups -OCH3 is 2. The Hall–Kier alpha value is -2.64. The highest BCUT2D eigenvalue weighted by Gasteiger charge is 2.27. The molecule has 0 bridgehead atoms. The monoisotopic (exact) mass is 432 g/mol. The molecule has 0 fully saturated rings. The van der Waals surface area contributed by atoms with E-state index in [-0.39, 0.29) is 4.90 Å². The maximum absolute atomic E-state index is 12.8. The van der Waals surface area contributed by atoms with Crippen LogP contribution in [0.5, 0.6) is 5.75 Å². The standard InChI is InChI=1S/C23H28O6S/c1-15-7-9-19(10-8-15)30(25,26)29-18(4)20(11-12-23(24)28-6)21-13-17(3)22(27-5)14-16(21)2/h7-14,18,20H,1-6H3/b12-11+/t18-,20+/m0/s1. The molecular formula is C23H28O6S. The second kappa shape index (κ2) is 9.91. The summed E-state index contributed by atoms with van der Waals surface area (Å²) in [4.78, 5) is 11.8. The number of rotatable bonds is 8. The van der Waals surface area contributed by atoms with E-state index in [1.807, 2.05) is 32.9 Å². The maximum atomic E-state index is 12.8. The fourth-order valence-corrected chi connectivity index (χ4v) is 4.27. The van der Waals surface area contributed by atoms with Crippen LogP contribution in [0.2, 0.25) is 0 Å². The van der Waals surface area contributed by atoms with Crippen molar-refractivity contribution in [1.82, 2.24) is 0 Å². The lowest BCUT2D eigenvalue weighted by Gasteiger charge is -2.24. The summed E-state index contributed by atoms with van der Waals surface area (Å²) in [6.45, 7) is 7.34. The number of carbonyl (C=O) groups is 1. The second-order valence-corrected chi connectivity index (χ2v) is 8.73. The number of esters is 1. The molecule has 2 atom stereocenters. The quantitative estimate of drug-likeness (QED) is 0.353. The molecule has 2 aromatic rings. The van der Waals surface area contributed by atoms with Gasteiger partial charge in [0.1, 0.15) is 5.75 Å². The lowest BCUT2D eigenvalue weighted by molar-refractivity contribution is -0.134. The number of benzene rings is 2. The molecule has 6 nitrogen and oxygen atoms in total. The molecule has 0 amide bonds. The average Bonchev–Trinajstić information content (AvgIpc) is 2.69. The predicted octanol–water partition coefficient (Wildman–Crippen LogP) is 4.23. The zero-order chi connectivity index (χ0) is 22.5. The van der Waals surface area contributed by atoms with Crippen LogP contribution in [-0.2, 0) is 23.8 Å². The molecule has 0 aliphatic heterocycles. The smallest absolute Gasteiger partial charge is 0.330 e. The van der Waals surface area contributed by atoms with Crippen LogP contribution < -0.4 is 4.74 Å². The molecule has 0 aromatic heterocycles. The van der Waals surface area contributed by atoms with Gasteiger partial charge in [0.05, 0.1) is 25.2 Å². The van der Waals surface area contributed by atoms with E-state index in [1.165, 1.54) is 25.3 Å². The van der Waals surface area contributed by atoms with E-state index in [0.717, 1.165) is 28.0 Å². The van der Waals surface area contributed by atoms with Crippen LogP contribution in [0.1, 0.15) is 35.1 Å². The minimum atomic E-state index is -3.98. The largest absolute Gasteiger partial charge is 0.496 e. The summed E-state index contributed by atoms with van der Waals surface area (Å²) in [6.07, 6.45) is 2.11. The molecular weight excluding hydrogens is 404 g/mol. The highest BCUT2D eigenvalue weighted by atomic mass is 32.2. The van der Waals surface area contributed by atoms with E-state index < -0.39 is 28.1 Å². The fraction of sp³-hybridized carbons (Fsp3) is 0.348. The van der Waals surface area contributed by atoms with Gasteiger partial charge < -0.3 is 9.47 Å². The zero-order valence-electron chi connectivity index (χ0n) is 18.1. The van der Waals surface area contributed by atoms with Gasteiger partial charge in [-0.05, 0) is 62.6 Å². The first-order chi connectivity index (χ1) is 14.1. The van der Waals surface area contributed by atoms with E-state index in [9.17, 15) is 13.2 Å². The molecule has 0 aliphatic carbocycles. The molecule has 0 saturated heterocycles. The third kappa shape index (κ3) is 5.70. The number of hydrogen-bond donors (Lipinski definition) is 0. The molecule has 2 aromatic carbocycles. The molecule has 0 N–H and O–H groups in total. The van der Waals surface area contributed by atoms with Crippen LogP contribution in [0.3, 0.4) is 0 Å². The summed E-state index contributed by atoms with van der Waals surface area (Å²) in [5.41, 5.74) is 3.56. The van der Waals surface area contributed by atoms with Crippen molar-refractivity contribution in [3.63, 3.8) is 0 Å². The fourth-order valence-electron chi connectivity index (χ4n) is 3.17. The normalized spacial score (nSPS) is 13.8. The molecule has 0 radical (unpaired) electrons. The van der Waals surface area contributed by atoms with Gasteiger partial charge in [0.2, 0.25) is 0 Å². The van der Waals surface area contributed by atoms with Crippen LogP contribution >= 0.6 is 0 Å². The zero-order valence-corrected chi connectivity index (χ0v) is 18.9. The lowest BCUT2D eigenvalue weighted by Crippen LogP contribution is -2.23. The van der Waals surface area contributed by atoms with E-state index in [4.69, 9.17) is 8.92 Å². The lowest BCUT2D eigenvalue weighted by atomic mass is 9.89. The van der Waals surface area contributed by atoms with Crippen molar-refractivity contribution in [1.29, 1.82) is 0 Å². The first-order valence-corrected chi connectivity index (χ1v) is 10.9. The molecule has 0 unspecified atom stereocenters. The molecule has 7 heteroatoms. The van der Waals surface area contributed by atoms with Gasteiger partial charge in [0.25, 0.3) is 10.1 Å². The number of aryl methyl sites for hydroxylation is 3. The molecule has 2 rings (SSSR count). The van der Waals surface area contributed by atoms with Gasteiger partial charge in [-0.2, -0.15) is 8.42 Å². The van der Waals surface area contributed by atoms with Crippen molar-refractivity contribution in [3.05, 3.63) is 70.8 Å². The summed E-state index contributed by atoms with van der Waals surface area (Å²) < 4.78 is 41.1. The van der Waals surface area contributed by atoms with E-state index >= 15 is 0 Å². The molecule has 0 spiro atoms. The van der Waals surface area contributed by atoms with Crippen molar-refractivity contribution in [2.24, 2.45) is 0 Å². The highest BCUT2D eigenvalue weighted by Crippen LogP contribution is 2.33. The minimum Gasteiger partial charge on any atom is -0.496 e. The van der Waals surface area contributed by atoms with Crippen LogP contribution in [0.4, 0.5) is 0 Å². The van der Waals surface area contributed by atoms with Crippen molar-refractivity contribution < 1.29 is 26.9 Å². The van der Waals surface area contributed by atoms with E-state index in [1.54, 1.807) is 32.2 Å². The molecule has 0 saturated carbocycles. The number of ether oxygens (including phenoxy) is 2. The predicted molar refractivity (Wildman–Crippen MR) is 115 cm³/mol. The summed E-state index contributed by atoms with van der Waals surface area (Å²) >= 11 is 0. The summed E-state index contributed by atoms with van der Waals surface area (Å²) in [6, 6.07) is 10.3. The van der Waals surface area contributed by atoms with Crippen LogP contribution in [0, 0.1) is 20.8 Å². The summed E-state index contributed by atoms with van der Waals surface area (Å²) in [5.74, 6) is -0.307. The highest BCUT2D eigenvalue weighted by molar-refractivity contribution is 7.86. The minimum absolute atomic E-state index is 0.0817. The van der Waals surface area contributed by atoms with E-state index in [0.29, 0.717) is 0 Å². The van der Waals surface area contributed by atoms with Crippen LogP contribution in [0.15, 0.2) is 53.4 Å². The van der Waals surface area contributed by atoms with Crippen molar-refractivity contribution in [2.75, 3.05) is 14.2 Å². The number of hydrogen-bond acceptors (Lipinski definition) is 6. The Kier molecular flexibility index (Phi) is 7.81. The summed E-state index contributed by atoms with van der Waals surface area (Å²) in [5, 5.41) is 0. The molecule has 162 valence electrons. The van der Waals surface area contributed by atoms with Gasteiger partial charge in [-0.3, -0.25) is 4.18 Å². The third-order valence-electron chi connectivity index (χ3n) is 4.88. The van der Waals surface area contributed by atoms with Gasteiger partial charge in [0.15, 0.2) is 0 Å². The van der Waals surface area contributed by atoms with E-state index in [2.05, 4.69) is 4.74 Å². The Balaban J connectivity index is 2.44. The average molecular weight is 433 g/mol. The Labute approximate surface area is 178 Å². The first kappa shape index (κ1) is 23.6. The Morgan fingerprint density at radius 1 is 1.00 bits per heavy atom. The molecule has 0 heterocycles. The Morgan fingerprint density at radius 2 is 1.63 bits per heavy atom. The Bertz CT molecular complexity index is 1020.